The number of nitrogens with one attached hydrogen (secondary N) is 1. The van der Waals surface area contributed by atoms with Gasteiger partial charge in [0.25, 0.3) is 0 Å². The fourth-order valence-electron chi connectivity index (χ4n) is 4.08. The van der Waals surface area contributed by atoms with Gasteiger partial charge in [-0.2, -0.15) is 0 Å². The Balaban J connectivity index is 0.00000261. The number of hydrogen-bond donors (Lipinski definition) is 1. The first kappa shape index (κ1) is 21.9. The van der Waals surface area contributed by atoms with Gasteiger partial charge in [-0.1, -0.05) is 49.2 Å². The van der Waals surface area contributed by atoms with Crippen molar-refractivity contribution in [1.82, 2.24) is 5.32 Å². The molecule has 0 aromatic heterocycles. The molecule has 1 saturated carbocycles. The zero-order valence-corrected chi connectivity index (χ0v) is 17.2. The van der Waals surface area contributed by atoms with Crippen LogP contribution in [-0.4, -0.2) is 19.2 Å². The smallest absolute Gasteiger partial charge is 0.128 e. The van der Waals surface area contributed by atoms with E-state index in [4.69, 9.17) is 4.74 Å². The third-order valence-corrected chi connectivity index (χ3v) is 5.49. The van der Waals surface area contributed by atoms with Crippen LogP contribution in [0.3, 0.4) is 0 Å². The molecule has 0 heterocycles. The van der Waals surface area contributed by atoms with Crippen LogP contribution in [0.15, 0.2) is 42.5 Å². The molecule has 2 nitrogen and oxygen atoms in total. The molecule has 0 saturated heterocycles. The Hall–Kier alpha value is -1.42. The standard InChI is InChI=1S/C23H30FNO.ClH/c1-17-8-7-9-18(2)23(17)20(14-25-21-11-4-5-12-21)16-26-15-19-10-3-6-13-22(19)24;/h3,6-10,13,20-21,25H,4-5,11-12,14-16H2,1-2H3;1H. The van der Waals surface area contributed by atoms with Crippen LogP contribution in [0.25, 0.3) is 0 Å². The molecule has 148 valence electrons. The number of benzene rings is 2. The van der Waals surface area contributed by atoms with Gasteiger partial charge in [-0.3, -0.25) is 0 Å². The van der Waals surface area contributed by atoms with Crippen molar-refractivity contribution in [3.05, 3.63) is 70.5 Å². The van der Waals surface area contributed by atoms with Gasteiger partial charge in [0, 0.05) is 24.1 Å². The minimum atomic E-state index is -0.194. The second-order valence-electron chi connectivity index (χ2n) is 7.50. The molecule has 1 fully saturated rings. The van der Waals surface area contributed by atoms with Crippen molar-refractivity contribution < 1.29 is 9.13 Å². The summed E-state index contributed by atoms with van der Waals surface area (Å²) in [7, 11) is 0. The summed E-state index contributed by atoms with van der Waals surface area (Å²) in [6.07, 6.45) is 5.20. The van der Waals surface area contributed by atoms with Crippen molar-refractivity contribution in [1.29, 1.82) is 0 Å². The summed E-state index contributed by atoms with van der Waals surface area (Å²) in [6.45, 7) is 6.16. The lowest BCUT2D eigenvalue weighted by Crippen LogP contribution is -2.32. The van der Waals surface area contributed by atoms with Gasteiger partial charge in [0.1, 0.15) is 5.82 Å². The summed E-state index contributed by atoms with van der Waals surface area (Å²) in [5.41, 5.74) is 4.60. The summed E-state index contributed by atoms with van der Waals surface area (Å²) in [4.78, 5) is 0. The Morgan fingerprint density at radius 1 is 1.04 bits per heavy atom. The molecule has 1 aliphatic rings. The molecule has 1 aliphatic carbocycles. The van der Waals surface area contributed by atoms with E-state index in [2.05, 4.69) is 37.4 Å². The minimum Gasteiger partial charge on any atom is -0.376 e. The molecule has 0 bridgehead atoms. The normalized spacial score (nSPS) is 15.5. The van der Waals surface area contributed by atoms with Crippen molar-refractivity contribution >= 4 is 12.4 Å². The molecule has 1 N–H and O–H groups in total. The van der Waals surface area contributed by atoms with Crippen LogP contribution in [-0.2, 0) is 11.3 Å². The van der Waals surface area contributed by atoms with E-state index in [1.54, 1.807) is 12.1 Å². The highest BCUT2D eigenvalue weighted by Gasteiger charge is 2.20. The predicted octanol–water partition coefficient (Wildman–Crippen LogP) is 5.70. The van der Waals surface area contributed by atoms with Gasteiger partial charge in [-0.15, -0.1) is 12.4 Å². The van der Waals surface area contributed by atoms with E-state index in [1.807, 2.05) is 6.07 Å². The van der Waals surface area contributed by atoms with Crippen molar-refractivity contribution in [3.8, 4) is 0 Å². The monoisotopic (exact) mass is 391 g/mol. The van der Waals surface area contributed by atoms with E-state index in [0.29, 0.717) is 24.8 Å². The van der Waals surface area contributed by atoms with Crippen LogP contribution in [0.2, 0.25) is 0 Å². The average Bonchev–Trinajstić information content (AvgIpc) is 3.14. The Labute approximate surface area is 168 Å². The van der Waals surface area contributed by atoms with Crippen LogP contribution in [0.1, 0.15) is 53.9 Å². The number of ether oxygens (including phenoxy) is 1. The summed E-state index contributed by atoms with van der Waals surface area (Å²) in [5, 5.41) is 3.74. The lowest BCUT2D eigenvalue weighted by atomic mass is 9.91. The molecule has 4 heteroatoms. The molecule has 27 heavy (non-hydrogen) atoms. The van der Waals surface area contributed by atoms with E-state index in [-0.39, 0.29) is 24.1 Å². The minimum absolute atomic E-state index is 0. The summed E-state index contributed by atoms with van der Waals surface area (Å²) in [6, 6.07) is 13.9. The zero-order valence-electron chi connectivity index (χ0n) is 16.3. The van der Waals surface area contributed by atoms with Crippen molar-refractivity contribution in [3.63, 3.8) is 0 Å². The quantitative estimate of drug-likeness (QED) is 0.623. The molecule has 3 rings (SSSR count). The summed E-state index contributed by atoms with van der Waals surface area (Å²) in [5.74, 6) is 0.0868. The highest BCUT2D eigenvalue weighted by molar-refractivity contribution is 5.85. The van der Waals surface area contributed by atoms with Gasteiger partial charge in [0.05, 0.1) is 13.2 Å². The fraction of sp³-hybridized carbons (Fsp3) is 0.478. The molecular formula is C23H31ClFNO. The van der Waals surface area contributed by atoms with E-state index >= 15 is 0 Å². The largest absolute Gasteiger partial charge is 0.376 e. The van der Waals surface area contributed by atoms with Gasteiger partial charge >= 0.3 is 0 Å². The van der Waals surface area contributed by atoms with Crippen LogP contribution in [0.5, 0.6) is 0 Å². The number of halogens is 2. The number of hydrogen-bond acceptors (Lipinski definition) is 2. The van der Waals surface area contributed by atoms with E-state index < -0.39 is 0 Å². The summed E-state index contributed by atoms with van der Waals surface area (Å²) < 4.78 is 19.8. The zero-order chi connectivity index (χ0) is 18.4. The third-order valence-electron chi connectivity index (χ3n) is 5.49. The topological polar surface area (TPSA) is 21.3 Å². The lowest BCUT2D eigenvalue weighted by molar-refractivity contribution is 0.103. The van der Waals surface area contributed by atoms with E-state index in [9.17, 15) is 4.39 Å². The van der Waals surface area contributed by atoms with E-state index in [1.165, 1.54) is 48.4 Å². The van der Waals surface area contributed by atoms with Gasteiger partial charge in [0.2, 0.25) is 0 Å². The second kappa shape index (κ2) is 10.8. The van der Waals surface area contributed by atoms with Crippen LogP contribution in [0.4, 0.5) is 4.39 Å². The maximum absolute atomic E-state index is 13.8. The SMILES string of the molecule is Cc1cccc(C)c1C(CNC1CCCC1)COCc1ccccc1F.Cl. The van der Waals surface area contributed by atoms with Crippen LogP contribution >= 0.6 is 12.4 Å². The maximum atomic E-state index is 13.8. The van der Waals surface area contributed by atoms with Gasteiger partial charge in [0.15, 0.2) is 0 Å². The molecule has 1 atom stereocenters. The van der Waals surface area contributed by atoms with Crippen molar-refractivity contribution in [2.24, 2.45) is 0 Å². The van der Waals surface area contributed by atoms with Gasteiger partial charge in [-0.05, 0) is 49.4 Å². The third kappa shape index (κ3) is 6.03. The maximum Gasteiger partial charge on any atom is 0.128 e. The predicted molar refractivity (Wildman–Crippen MR) is 112 cm³/mol. The molecule has 0 radical (unpaired) electrons. The van der Waals surface area contributed by atoms with Crippen molar-refractivity contribution in [2.45, 2.75) is 58.1 Å². The molecule has 2 aromatic rings. The first-order valence-corrected chi connectivity index (χ1v) is 9.76. The van der Waals surface area contributed by atoms with Gasteiger partial charge < -0.3 is 10.1 Å². The average molecular weight is 392 g/mol. The van der Waals surface area contributed by atoms with Crippen molar-refractivity contribution in [2.75, 3.05) is 13.2 Å². The number of rotatable bonds is 8. The van der Waals surface area contributed by atoms with Gasteiger partial charge in [-0.25, -0.2) is 4.39 Å². The first-order chi connectivity index (χ1) is 12.6. The highest BCUT2D eigenvalue weighted by Crippen LogP contribution is 2.26. The Morgan fingerprint density at radius 2 is 1.70 bits per heavy atom. The number of aryl methyl sites for hydroxylation is 2. The van der Waals surface area contributed by atoms with Crippen LogP contribution < -0.4 is 5.32 Å². The Morgan fingerprint density at radius 3 is 2.37 bits per heavy atom. The Kier molecular flexibility index (Phi) is 8.75. The fourth-order valence-corrected chi connectivity index (χ4v) is 4.08. The highest BCUT2D eigenvalue weighted by atomic mass is 35.5. The molecule has 2 aromatic carbocycles. The molecule has 0 spiro atoms. The lowest BCUT2D eigenvalue weighted by Gasteiger charge is -2.24. The van der Waals surface area contributed by atoms with E-state index in [0.717, 1.165) is 6.54 Å². The second-order valence-corrected chi connectivity index (χ2v) is 7.50. The van der Waals surface area contributed by atoms with Crippen LogP contribution in [0, 0.1) is 19.7 Å². The molecule has 1 unspecified atom stereocenters. The molecule has 0 amide bonds. The summed E-state index contributed by atoms with van der Waals surface area (Å²) >= 11 is 0. The first-order valence-electron chi connectivity index (χ1n) is 9.76. The molecular weight excluding hydrogens is 361 g/mol. The Bertz CT molecular complexity index is 695. The molecule has 0 aliphatic heterocycles.